The molecule has 5 rings (SSSR count). The first kappa shape index (κ1) is 17.1. The smallest absolute Gasteiger partial charge is 0.125 e. The normalized spacial score (nSPS) is 15.6. The number of anilines is 1. The number of piperazine rings is 1. The zero-order chi connectivity index (χ0) is 19.1. The zero-order valence-electron chi connectivity index (χ0n) is 15.2. The second kappa shape index (κ2) is 6.83. The van der Waals surface area contributed by atoms with Crippen LogP contribution in [0.2, 0.25) is 0 Å². The van der Waals surface area contributed by atoms with E-state index in [9.17, 15) is 8.78 Å². The highest BCUT2D eigenvalue weighted by atomic mass is 19.1. The Bertz CT molecular complexity index is 1150. The summed E-state index contributed by atoms with van der Waals surface area (Å²) in [5.41, 5.74) is 3.32. The lowest BCUT2D eigenvalue weighted by Crippen LogP contribution is -2.46. The Hall–Kier alpha value is -3.06. The highest BCUT2D eigenvalue weighted by molar-refractivity contribution is 5.91. The second-order valence-corrected chi connectivity index (χ2v) is 7.10. The number of hydrogen-bond donors (Lipinski definition) is 1. The molecule has 0 amide bonds. The summed E-state index contributed by atoms with van der Waals surface area (Å²) in [6, 6.07) is 11.2. The SMILES string of the molecule is Fc1ccc2nc(CN3CCN(c4ccnc5ccc(F)cc45)CC3)[nH]c2c1. The molecule has 1 N–H and O–H groups in total. The predicted octanol–water partition coefficient (Wildman–Crippen LogP) is 3.71. The maximum atomic E-state index is 13.7. The molecule has 7 heteroatoms. The summed E-state index contributed by atoms with van der Waals surface area (Å²) in [5.74, 6) is 0.324. The maximum Gasteiger partial charge on any atom is 0.125 e. The fraction of sp³-hybridized carbons (Fsp3) is 0.238. The highest BCUT2D eigenvalue weighted by Crippen LogP contribution is 2.27. The topological polar surface area (TPSA) is 48.1 Å². The molecule has 0 saturated carbocycles. The average molecular weight is 379 g/mol. The molecule has 142 valence electrons. The van der Waals surface area contributed by atoms with E-state index in [4.69, 9.17) is 0 Å². The van der Waals surface area contributed by atoms with E-state index in [-0.39, 0.29) is 11.6 Å². The maximum absolute atomic E-state index is 13.7. The molecule has 2 aromatic carbocycles. The highest BCUT2D eigenvalue weighted by Gasteiger charge is 2.20. The average Bonchev–Trinajstić information content (AvgIpc) is 3.09. The number of imidazole rings is 1. The van der Waals surface area contributed by atoms with Crippen LogP contribution in [-0.2, 0) is 6.54 Å². The molecule has 28 heavy (non-hydrogen) atoms. The van der Waals surface area contributed by atoms with Gasteiger partial charge in [0.05, 0.1) is 23.1 Å². The van der Waals surface area contributed by atoms with E-state index in [2.05, 4.69) is 24.8 Å². The van der Waals surface area contributed by atoms with Crippen molar-refractivity contribution in [2.45, 2.75) is 6.54 Å². The molecule has 0 radical (unpaired) electrons. The van der Waals surface area contributed by atoms with Crippen molar-refractivity contribution >= 4 is 27.6 Å². The van der Waals surface area contributed by atoms with E-state index in [1.54, 1.807) is 24.4 Å². The number of fused-ring (bicyclic) bond motifs is 2. The number of benzene rings is 2. The number of H-pyrrole nitrogens is 1. The fourth-order valence-electron chi connectivity index (χ4n) is 3.85. The number of aromatic amines is 1. The monoisotopic (exact) mass is 379 g/mol. The van der Waals surface area contributed by atoms with Crippen LogP contribution < -0.4 is 4.90 Å². The number of pyridine rings is 1. The standard InChI is InChI=1S/C21H19F2N5/c22-14-1-3-17-16(11-14)20(5-6-24-17)28-9-7-27(8-10-28)13-21-25-18-4-2-15(23)12-19(18)26-21/h1-6,11-12H,7-10,13H2,(H,25,26). The minimum Gasteiger partial charge on any atom is -0.368 e. The number of aromatic nitrogens is 3. The van der Waals surface area contributed by atoms with Gasteiger partial charge in [0.25, 0.3) is 0 Å². The van der Waals surface area contributed by atoms with Crippen LogP contribution in [0.15, 0.2) is 48.7 Å². The van der Waals surface area contributed by atoms with Gasteiger partial charge in [-0.25, -0.2) is 13.8 Å². The van der Waals surface area contributed by atoms with Crippen molar-refractivity contribution < 1.29 is 8.78 Å². The first-order valence-electron chi connectivity index (χ1n) is 9.31. The number of rotatable bonds is 3. The van der Waals surface area contributed by atoms with Crippen LogP contribution in [0.5, 0.6) is 0 Å². The van der Waals surface area contributed by atoms with Crippen LogP contribution in [0, 0.1) is 11.6 Å². The van der Waals surface area contributed by atoms with E-state index in [0.717, 1.165) is 59.6 Å². The summed E-state index contributed by atoms with van der Waals surface area (Å²) in [4.78, 5) is 16.7. The van der Waals surface area contributed by atoms with Gasteiger partial charge in [-0.3, -0.25) is 9.88 Å². The minimum absolute atomic E-state index is 0.248. The molecule has 1 aliphatic heterocycles. The zero-order valence-corrected chi connectivity index (χ0v) is 15.2. The second-order valence-electron chi connectivity index (χ2n) is 7.10. The molecular weight excluding hydrogens is 360 g/mol. The lowest BCUT2D eigenvalue weighted by molar-refractivity contribution is 0.245. The van der Waals surface area contributed by atoms with Gasteiger partial charge in [-0.05, 0) is 42.5 Å². The van der Waals surface area contributed by atoms with E-state index < -0.39 is 0 Å². The molecule has 0 aliphatic carbocycles. The minimum atomic E-state index is -0.266. The summed E-state index contributed by atoms with van der Waals surface area (Å²) in [7, 11) is 0. The third kappa shape index (κ3) is 3.18. The molecule has 2 aromatic heterocycles. The van der Waals surface area contributed by atoms with Gasteiger partial charge in [0, 0.05) is 43.4 Å². The van der Waals surface area contributed by atoms with Crippen LogP contribution in [0.3, 0.4) is 0 Å². The van der Waals surface area contributed by atoms with Crippen molar-refractivity contribution in [3.63, 3.8) is 0 Å². The molecule has 5 nitrogen and oxygen atoms in total. The molecule has 1 saturated heterocycles. The summed E-state index contributed by atoms with van der Waals surface area (Å²) in [5, 5.41) is 0.843. The van der Waals surface area contributed by atoms with Crippen LogP contribution in [0.25, 0.3) is 21.9 Å². The number of nitrogens with one attached hydrogen (secondary N) is 1. The Morgan fingerprint density at radius 3 is 2.46 bits per heavy atom. The molecule has 1 fully saturated rings. The molecule has 4 aromatic rings. The summed E-state index contributed by atoms with van der Waals surface area (Å²) in [6.45, 7) is 4.10. The first-order valence-corrected chi connectivity index (χ1v) is 9.31. The van der Waals surface area contributed by atoms with Crippen molar-refractivity contribution in [2.75, 3.05) is 31.1 Å². The third-order valence-corrected chi connectivity index (χ3v) is 5.26. The van der Waals surface area contributed by atoms with Crippen LogP contribution >= 0.6 is 0 Å². The molecule has 0 bridgehead atoms. The van der Waals surface area contributed by atoms with Crippen molar-refractivity contribution in [1.82, 2.24) is 19.9 Å². The number of halogens is 2. The van der Waals surface area contributed by atoms with Crippen LogP contribution in [0.4, 0.5) is 14.5 Å². The summed E-state index contributed by atoms with van der Waals surface area (Å²) in [6.07, 6.45) is 1.77. The van der Waals surface area contributed by atoms with Gasteiger partial charge in [0.15, 0.2) is 0 Å². The lowest BCUT2D eigenvalue weighted by atomic mass is 10.1. The van der Waals surface area contributed by atoms with Crippen LogP contribution in [0.1, 0.15) is 5.82 Å². The van der Waals surface area contributed by atoms with Crippen molar-refractivity contribution in [2.24, 2.45) is 0 Å². The van der Waals surface area contributed by atoms with Crippen LogP contribution in [-0.4, -0.2) is 46.0 Å². The quantitative estimate of drug-likeness (QED) is 0.590. The number of hydrogen-bond acceptors (Lipinski definition) is 4. The van der Waals surface area contributed by atoms with Crippen molar-refractivity contribution in [3.8, 4) is 0 Å². The van der Waals surface area contributed by atoms with E-state index >= 15 is 0 Å². The largest absolute Gasteiger partial charge is 0.368 e. The van der Waals surface area contributed by atoms with Gasteiger partial charge in [0.1, 0.15) is 17.5 Å². The molecule has 0 spiro atoms. The Labute approximate surface area is 160 Å². The number of nitrogens with zero attached hydrogens (tertiary/aromatic N) is 4. The van der Waals surface area contributed by atoms with E-state index in [1.807, 2.05) is 6.07 Å². The van der Waals surface area contributed by atoms with Gasteiger partial charge in [0.2, 0.25) is 0 Å². The Morgan fingerprint density at radius 1 is 0.893 bits per heavy atom. The molecule has 1 aliphatic rings. The Morgan fingerprint density at radius 2 is 1.64 bits per heavy atom. The molecule has 0 unspecified atom stereocenters. The van der Waals surface area contributed by atoms with Gasteiger partial charge in [-0.1, -0.05) is 0 Å². The molecule has 3 heterocycles. The van der Waals surface area contributed by atoms with Gasteiger partial charge in [-0.2, -0.15) is 0 Å². The Kier molecular flexibility index (Phi) is 4.16. The van der Waals surface area contributed by atoms with Crippen molar-refractivity contribution in [1.29, 1.82) is 0 Å². The third-order valence-electron chi connectivity index (χ3n) is 5.26. The van der Waals surface area contributed by atoms with Gasteiger partial charge < -0.3 is 9.88 Å². The fourth-order valence-corrected chi connectivity index (χ4v) is 3.85. The summed E-state index contributed by atoms with van der Waals surface area (Å²) < 4.78 is 27.1. The summed E-state index contributed by atoms with van der Waals surface area (Å²) >= 11 is 0. The van der Waals surface area contributed by atoms with Gasteiger partial charge in [-0.15, -0.1) is 0 Å². The lowest BCUT2D eigenvalue weighted by Gasteiger charge is -2.36. The van der Waals surface area contributed by atoms with Gasteiger partial charge >= 0.3 is 0 Å². The van der Waals surface area contributed by atoms with E-state index in [0.29, 0.717) is 6.54 Å². The Balaban J connectivity index is 1.30. The molecular formula is C21H19F2N5. The van der Waals surface area contributed by atoms with E-state index in [1.165, 1.54) is 18.2 Å². The predicted molar refractivity (Wildman–Crippen MR) is 105 cm³/mol. The van der Waals surface area contributed by atoms with Crippen molar-refractivity contribution in [3.05, 3.63) is 66.1 Å². The molecule has 0 atom stereocenters. The first-order chi connectivity index (χ1) is 13.7.